The molecule has 0 unspecified atom stereocenters. The molecule has 37 heavy (non-hydrogen) atoms. The molecule has 0 saturated heterocycles. The first-order chi connectivity index (χ1) is 17.9. The van der Waals surface area contributed by atoms with E-state index in [0.29, 0.717) is 25.2 Å². The molecule has 6 heteroatoms. The molecule has 0 spiro atoms. The van der Waals surface area contributed by atoms with Gasteiger partial charge in [-0.2, -0.15) is 0 Å². The molecule has 1 amide bonds. The van der Waals surface area contributed by atoms with Gasteiger partial charge in [-0.3, -0.25) is 4.79 Å². The number of rotatable bonds is 10. The van der Waals surface area contributed by atoms with Gasteiger partial charge in [-0.25, -0.2) is 4.98 Å². The summed E-state index contributed by atoms with van der Waals surface area (Å²) >= 11 is 3.59. The molecule has 0 bridgehead atoms. The van der Waals surface area contributed by atoms with Gasteiger partial charge in [0.2, 0.25) is 0 Å². The van der Waals surface area contributed by atoms with Crippen molar-refractivity contribution in [3.8, 4) is 11.3 Å². The Hall–Kier alpha value is -3.22. The first-order valence-electron chi connectivity index (χ1n) is 12.8. The number of aryl methyl sites for hydroxylation is 1. The Morgan fingerprint density at radius 1 is 1.03 bits per heavy atom. The highest BCUT2D eigenvalue weighted by Gasteiger charge is 2.32. The molecule has 3 aromatic carbocycles. The molecule has 192 valence electrons. The fourth-order valence-electron chi connectivity index (χ4n) is 4.65. The minimum atomic E-state index is -0.218. The number of carbonyl (C=O) groups is 1. The molecule has 4 rings (SSSR count). The third-order valence-corrected chi connectivity index (χ3v) is 7.01. The van der Waals surface area contributed by atoms with E-state index < -0.39 is 0 Å². The highest BCUT2D eigenvalue weighted by molar-refractivity contribution is 9.10. The molecule has 1 aromatic heterocycles. The lowest BCUT2D eigenvalue weighted by atomic mass is 9.99. The lowest BCUT2D eigenvalue weighted by Crippen LogP contribution is -2.40. The van der Waals surface area contributed by atoms with E-state index in [-0.39, 0.29) is 17.9 Å². The summed E-state index contributed by atoms with van der Waals surface area (Å²) < 4.78 is 3.21. The quantitative estimate of drug-likeness (QED) is 0.231. The molecular weight excluding hydrogens is 524 g/mol. The Labute approximate surface area is 228 Å². The predicted molar refractivity (Wildman–Crippen MR) is 154 cm³/mol. The van der Waals surface area contributed by atoms with Crippen molar-refractivity contribution in [1.82, 2.24) is 14.5 Å². The largest absolute Gasteiger partial charge is 0.330 e. The summed E-state index contributed by atoms with van der Waals surface area (Å²) in [5.74, 6) is 1.02. The minimum absolute atomic E-state index is 0.00502. The van der Waals surface area contributed by atoms with E-state index >= 15 is 0 Å². The summed E-state index contributed by atoms with van der Waals surface area (Å²) in [4.78, 5) is 21.1. The monoisotopic (exact) mass is 558 g/mol. The number of hydrogen-bond donors (Lipinski definition) is 1. The maximum absolute atomic E-state index is 13.9. The number of nitrogens with two attached hydrogens (primary N) is 1. The van der Waals surface area contributed by atoms with Crippen LogP contribution in [0, 0.1) is 12.8 Å². The van der Waals surface area contributed by atoms with Crippen LogP contribution in [-0.2, 0) is 6.54 Å². The first-order valence-corrected chi connectivity index (χ1v) is 13.6. The van der Waals surface area contributed by atoms with Crippen LogP contribution in [0.5, 0.6) is 0 Å². The van der Waals surface area contributed by atoms with Gasteiger partial charge in [0.05, 0.1) is 11.7 Å². The zero-order valence-corrected chi connectivity index (χ0v) is 23.4. The van der Waals surface area contributed by atoms with E-state index in [1.807, 2.05) is 54.3 Å². The summed E-state index contributed by atoms with van der Waals surface area (Å²) in [5, 5.41) is 0. The van der Waals surface area contributed by atoms with Gasteiger partial charge >= 0.3 is 0 Å². The molecule has 1 atom stereocenters. The Bertz CT molecular complexity index is 1310. The topological polar surface area (TPSA) is 64.2 Å². The summed E-state index contributed by atoms with van der Waals surface area (Å²) in [6.45, 7) is 8.09. The van der Waals surface area contributed by atoms with Crippen LogP contribution in [0.2, 0.25) is 0 Å². The van der Waals surface area contributed by atoms with Crippen molar-refractivity contribution in [2.24, 2.45) is 11.7 Å². The van der Waals surface area contributed by atoms with Gasteiger partial charge in [-0.15, -0.1) is 0 Å². The van der Waals surface area contributed by atoms with E-state index in [1.54, 1.807) is 0 Å². The molecule has 0 radical (unpaired) electrons. The lowest BCUT2D eigenvalue weighted by Gasteiger charge is -2.34. The van der Waals surface area contributed by atoms with Crippen LogP contribution in [-0.4, -0.2) is 33.4 Å². The van der Waals surface area contributed by atoms with Crippen molar-refractivity contribution in [3.63, 3.8) is 0 Å². The normalized spacial score (nSPS) is 12.1. The standard InChI is InChI=1S/C31H35BrN4O/c1-22(2)29(36(18-8-17-33)31(37)25-15-13-23(3)14-16-25)30-34-28(26-11-7-12-27(32)19-26)21-35(30)20-24-9-5-4-6-10-24/h4-7,9-16,19,21-22,29H,8,17-18,20,33H2,1-3H3/t29-/m1/s1. The smallest absolute Gasteiger partial charge is 0.254 e. The van der Waals surface area contributed by atoms with Gasteiger partial charge in [-0.1, -0.05) is 89.9 Å². The van der Waals surface area contributed by atoms with Crippen LogP contribution >= 0.6 is 15.9 Å². The van der Waals surface area contributed by atoms with Gasteiger partial charge < -0.3 is 15.2 Å². The number of amides is 1. The number of carbonyl (C=O) groups excluding carboxylic acids is 1. The molecular formula is C31H35BrN4O. The Kier molecular flexibility index (Phi) is 8.95. The van der Waals surface area contributed by atoms with Crippen LogP contribution < -0.4 is 5.73 Å². The van der Waals surface area contributed by atoms with Gasteiger partial charge in [0, 0.05) is 34.9 Å². The molecule has 5 nitrogen and oxygen atoms in total. The van der Waals surface area contributed by atoms with Crippen LogP contribution in [0.4, 0.5) is 0 Å². The SMILES string of the molecule is Cc1ccc(C(=O)N(CCCN)[C@@H](c2nc(-c3cccc(Br)c3)cn2Cc2ccccc2)C(C)C)cc1. The van der Waals surface area contributed by atoms with Gasteiger partial charge in [-0.05, 0) is 55.6 Å². The van der Waals surface area contributed by atoms with Crippen molar-refractivity contribution in [2.45, 2.75) is 39.8 Å². The number of aromatic nitrogens is 2. The van der Waals surface area contributed by atoms with Crippen molar-refractivity contribution in [3.05, 3.63) is 112 Å². The Balaban J connectivity index is 1.82. The molecule has 0 aliphatic carbocycles. The average molecular weight is 560 g/mol. The molecule has 2 N–H and O–H groups in total. The van der Waals surface area contributed by atoms with E-state index in [9.17, 15) is 4.79 Å². The van der Waals surface area contributed by atoms with E-state index in [2.05, 4.69) is 76.9 Å². The third kappa shape index (κ3) is 6.56. The van der Waals surface area contributed by atoms with Gasteiger partial charge in [0.25, 0.3) is 5.91 Å². The van der Waals surface area contributed by atoms with Crippen LogP contribution in [0.15, 0.2) is 89.5 Å². The second-order valence-corrected chi connectivity index (χ2v) is 10.7. The van der Waals surface area contributed by atoms with Crippen LogP contribution in [0.3, 0.4) is 0 Å². The number of halogens is 1. The number of benzene rings is 3. The molecule has 0 aliphatic heterocycles. The second kappa shape index (κ2) is 12.3. The molecule has 4 aromatic rings. The predicted octanol–water partition coefficient (Wildman–Crippen LogP) is 6.86. The number of hydrogen-bond acceptors (Lipinski definition) is 3. The zero-order valence-electron chi connectivity index (χ0n) is 21.8. The van der Waals surface area contributed by atoms with E-state index in [1.165, 1.54) is 5.56 Å². The van der Waals surface area contributed by atoms with Crippen LogP contribution in [0.1, 0.15) is 53.6 Å². The average Bonchev–Trinajstić information content (AvgIpc) is 3.30. The van der Waals surface area contributed by atoms with Crippen LogP contribution in [0.25, 0.3) is 11.3 Å². The van der Waals surface area contributed by atoms with Gasteiger partial charge in [0.15, 0.2) is 0 Å². The Morgan fingerprint density at radius 3 is 2.41 bits per heavy atom. The minimum Gasteiger partial charge on any atom is -0.330 e. The molecule has 0 fully saturated rings. The third-order valence-electron chi connectivity index (χ3n) is 6.52. The summed E-state index contributed by atoms with van der Waals surface area (Å²) in [6.07, 6.45) is 2.83. The Morgan fingerprint density at radius 2 is 1.76 bits per heavy atom. The summed E-state index contributed by atoms with van der Waals surface area (Å²) in [7, 11) is 0. The van der Waals surface area contributed by atoms with Crippen molar-refractivity contribution >= 4 is 21.8 Å². The summed E-state index contributed by atoms with van der Waals surface area (Å²) in [5.41, 5.74) is 10.8. The highest BCUT2D eigenvalue weighted by atomic mass is 79.9. The maximum atomic E-state index is 13.9. The fraction of sp³-hybridized carbons (Fsp3) is 0.290. The molecule has 1 heterocycles. The molecule has 0 saturated carbocycles. The lowest BCUT2D eigenvalue weighted by molar-refractivity contribution is 0.0604. The number of nitrogens with zero attached hydrogens (tertiary/aromatic N) is 3. The molecule has 0 aliphatic rings. The second-order valence-electron chi connectivity index (χ2n) is 9.80. The van der Waals surface area contributed by atoms with Crippen molar-refractivity contribution in [1.29, 1.82) is 0 Å². The van der Waals surface area contributed by atoms with Gasteiger partial charge in [0.1, 0.15) is 5.82 Å². The van der Waals surface area contributed by atoms with Crippen molar-refractivity contribution in [2.75, 3.05) is 13.1 Å². The number of imidazole rings is 1. The zero-order chi connectivity index (χ0) is 26.4. The van der Waals surface area contributed by atoms with E-state index in [0.717, 1.165) is 33.5 Å². The highest BCUT2D eigenvalue weighted by Crippen LogP contribution is 2.33. The maximum Gasteiger partial charge on any atom is 0.254 e. The fourth-order valence-corrected chi connectivity index (χ4v) is 5.05. The van der Waals surface area contributed by atoms with Crippen molar-refractivity contribution < 1.29 is 4.79 Å². The summed E-state index contributed by atoms with van der Waals surface area (Å²) in [6, 6.07) is 26.1. The first kappa shape index (κ1) is 26.8. The van der Waals surface area contributed by atoms with E-state index in [4.69, 9.17) is 10.7 Å².